The summed E-state index contributed by atoms with van der Waals surface area (Å²) in [5.41, 5.74) is 1.25. The molecule has 0 saturated carbocycles. The van der Waals surface area contributed by atoms with E-state index in [0.717, 1.165) is 6.42 Å². The van der Waals surface area contributed by atoms with E-state index in [-0.39, 0.29) is 34.5 Å². The molecular formula is C22H26ClN3O5S. The molecule has 2 aromatic rings. The Balaban J connectivity index is 1.87. The second-order valence-electron chi connectivity index (χ2n) is 7.22. The van der Waals surface area contributed by atoms with E-state index in [4.69, 9.17) is 16.3 Å². The number of carbonyl (C=O) groups excluding carboxylic acids is 2. The summed E-state index contributed by atoms with van der Waals surface area (Å²) in [6.45, 7) is 4.67. The Kier molecular flexibility index (Phi) is 7.43. The zero-order valence-corrected chi connectivity index (χ0v) is 19.8. The number of amides is 2. The number of nitrogens with one attached hydrogen (secondary N) is 1. The van der Waals surface area contributed by atoms with Crippen LogP contribution < -0.4 is 15.0 Å². The van der Waals surface area contributed by atoms with Crippen LogP contribution in [0.4, 0.5) is 11.4 Å². The molecule has 0 radical (unpaired) electrons. The lowest BCUT2D eigenvalue weighted by Gasteiger charge is -2.20. The van der Waals surface area contributed by atoms with Crippen molar-refractivity contribution in [1.29, 1.82) is 0 Å². The summed E-state index contributed by atoms with van der Waals surface area (Å²) >= 11 is 6.15. The zero-order chi connectivity index (χ0) is 23.5. The second kappa shape index (κ2) is 9.89. The Morgan fingerprint density at radius 1 is 1.19 bits per heavy atom. The summed E-state index contributed by atoms with van der Waals surface area (Å²) in [6, 6.07) is 9.16. The van der Waals surface area contributed by atoms with E-state index in [1.807, 2.05) is 0 Å². The standard InChI is InChI=1S/C22H26ClN3O5S/c1-4-25(5-2)32(29,30)20-13-15(8-10-17(20)23)22(28)24-16-9-11-18(19(14-16)31-3)26-12-6-7-21(26)27/h8-11,13-14H,4-7,12H2,1-3H3,(H,24,28). The molecule has 1 saturated heterocycles. The van der Waals surface area contributed by atoms with Crippen LogP contribution in [0.2, 0.25) is 5.02 Å². The molecule has 32 heavy (non-hydrogen) atoms. The van der Waals surface area contributed by atoms with Crippen LogP contribution in [-0.4, -0.2) is 51.3 Å². The molecule has 2 amide bonds. The summed E-state index contributed by atoms with van der Waals surface area (Å²) in [4.78, 5) is 26.4. The van der Waals surface area contributed by atoms with Crippen LogP contribution >= 0.6 is 11.6 Å². The number of hydrogen-bond acceptors (Lipinski definition) is 5. The number of hydrogen-bond donors (Lipinski definition) is 1. The third-order valence-electron chi connectivity index (χ3n) is 5.32. The van der Waals surface area contributed by atoms with E-state index in [2.05, 4.69) is 5.32 Å². The Bertz CT molecular complexity index is 1130. The lowest BCUT2D eigenvalue weighted by Crippen LogP contribution is -2.31. The molecule has 0 aromatic heterocycles. The predicted octanol–water partition coefficient (Wildman–Crippen LogP) is 3.76. The van der Waals surface area contributed by atoms with Gasteiger partial charge in [-0.3, -0.25) is 9.59 Å². The highest BCUT2D eigenvalue weighted by Gasteiger charge is 2.26. The summed E-state index contributed by atoms with van der Waals surface area (Å²) in [5, 5.41) is 2.79. The Labute approximate surface area is 193 Å². The van der Waals surface area contributed by atoms with Crippen LogP contribution in [0.25, 0.3) is 0 Å². The molecule has 8 nitrogen and oxygen atoms in total. The average Bonchev–Trinajstić information content (AvgIpc) is 3.20. The van der Waals surface area contributed by atoms with Crippen LogP contribution in [0.1, 0.15) is 37.0 Å². The molecule has 3 rings (SSSR count). The number of nitrogens with zero attached hydrogens (tertiary/aromatic N) is 2. The minimum absolute atomic E-state index is 0.0307. The predicted molar refractivity (Wildman–Crippen MR) is 124 cm³/mol. The molecule has 1 N–H and O–H groups in total. The number of sulfonamides is 1. The molecule has 0 bridgehead atoms. The van der Waals surface area contributed by atoms with Gasteiger partial charge in [-0.15, -0.1) is 0 Å². The van der Waals surface area contributed by atoms with Crippen molar-refractivity contribution in [3.8, 4) is 5.75 Å². The normalized spacial score (nSPS) is 14.2. The maximum atomic E-state index is 12.9. The van der Waals surface area contributed by atoms with E-state index in [1.54, 1.807) is 36.9 Å². The van der Waals surface area contributed by atoms with Gasteiger partial charge in [-0.2, -0.15) is 4.31 Å². The van der Waals surface area contributed by atoms with Gasteiger partial charge in [0.15, 0.2) is 0 Å². The minimum atomic E-state index is -3.83. The summed E-state index contributed by atoms with van der Waals surface area (Å²) in [6.07, 6.45) is 1.28. The maximum absolute atomic E-state index is 12.9. The fourth-order valence-corrected chi connectivity index (χ4v) is 5.59. The van der Waals surface area contributed by atoms with Crippen molar-refractivity contribution in [2.24, 2.45) is 0 Å². The monoisotopic (exact) mass is 479 g/mol. The van der Waals surface area contributed by atoms with E-state index < -0.39 is 15.9 Å². The molecule has 172 valence electrons. The van der Waals surface area contributed by atoms with Crippen molar-refractivity contribution < 1.29 is 22.7 Å². The van der Waals surface area contributed by atoms with Gasteiger partial charge in [0.05, 0.1) is 17.8 Å². The van der Waals surface area contributed by atoms with Gasteiger partial charge in [0.2, 0.25) is 15.9 Å². The van der Waals surface area contributed by atoms with Gasteiger partial charge >= 0.3 is 0 Å². The first-order valence-electron chi connectivity index (χ1n) is 10.3. The van der Waals surface area contributed by atoms with Crippen LogP contribution in [0.3, 0.4) is 0 Å². The number of methoxy groups -OCH3 is 1. The van der Waals surface area contributed by atoms with Crippen molar-refractivity contribution in [1.82, 2.24) is 4.31 Å². The molecule has 2 aromatic carbocycles. The second-order valence-corrected chi connectivity index (χ2v) is 9.54. The van der Waals surface area contributed by atoms with Crippen molar-refractivity contribution in [3.05, 3.63) is 47.0 Å². The van der Waals surface area contributed by atoms with Crippen molar-refractivity contribution in [3.63, 3.8) is 0 Å². The zero-order valence-electron chi connectivity index (χ0n) is 18.2. The van der Waals surface area contributed by atoms with E-state index in [0.29, 0.717) is 30.1 Å². The van der Waals surface area contributed by atoms with Crippen LogP contribution in [-0.2, 0) is 14.8 Å². The SMILES string of the molecule is CCN(CC)S(=O)(=O)c1cc(C(=O)Nc2ccc(N3CCCC3=O)c(OC)c2)ccc1Cl. The third kappa shape index (κ3) is 4.74. The van der Waals surface area contributed by atoms with Crippen LogP contribution in [0, 0.1) is 0 Å². The molecule has 10 heteroatoms. The number of rotatable bonds is 8. The summed E-state index contributed by atoms with van der Waals surface area (Å²) in [7, 11) is -2.33. The van der Waals surface area contributed by atoms with Gasteiger partial charge in [-0.05, 0) is 36.8 Å². The first kappa shape index (κ1) is 24.0. The summed E-state index contributed by atoms with van der Waals surface area (Å²) < 4.78 is 32.5. The van der Waals surface area contributed by atoms with E-state index in [9.17, 15) is 18.0 Å². The van der Waals surface area contributed by atoms with Gasteiger partial charge in [-0.25, -0.2) is 8.42 Å². The Morgan fingerprint density at radius 2 is 1.91 bits per heavy atom. The topological polar surface area (TPSA) is 96.0 Å². The third-order valence-corrected chi connectivity index (χ3v) is 7.85. The van der Waals surface area contributed by atoms with Gasteiger partial charge in [0.25, 0.3) is 5.91 Å². The minimum Gasteiger partial charge on any atom is -0.494 e. The molecule has 0 aliphatic carbocycles. The van der Waals surface area contributed by atoms with E-state index >= 15 is 0 Å². The first-order valence-corrected chi connectivity index (χ1v) is 12.1. The quantitative estimate of drug-likeness (QED) is 0.622. The molecule has 1 fully saturated rings. The molecule has 1 heterocycles. The first-order chi connectivity index (χ1) is 15.2. The average molecular weight is 480 g/mol. The lowest BCUT2D eigenvalue weighted by atomic mass is 10.2. The number of halogens is 1. The fraction of sp³-hybridized carbons (Fsp3) is 0.364. The highest BCUT2D eigenvalue weighted by Crippen LogP contribution is 2.34. The molecule has 1 aliphatic heterocycles. The Morgan fingerprint density at radius 3 is 2.50 bits per heavy atom. The molecular weight excluding hydrogens is 454 g/mol. The van der Waals surface area contributed by atoms with Crippen molar-refractivity contribution >= 4 is 44.8 Å². The molecule has 0 unspecified atom stereocenters. The number of ether oxygens (including phenoxy) is 1. The van der Waals surface area contributed by atoms with Gasteiger partial charge in [0.1, 0.15) is 10.6 Å². The van der Waals surface area contributed by atoms with Crippen LogP contribution in [0.5, 0.6) is 5.75 Å². The van der Waals surface area contributed by atoms with Crippen LogP contribution in [0.15, 0.2) is 41.3 Å². The van der Waals surface area contributed by atoms with Crippen molar-refractivity contribution in [2.75, 3.05) is 37.0 Å². The smallest absolute Gasteiger partial charge is 0.255 e. The maximum Gasteiger partial charge on any atom is 0.255 e. The molecule has 0 atom stereocenters. The van der Waals surface area contributed by atoms with Gasteiger partial charge in [0, 0.05) is 43.4 Å². The number of carbonyl (C=O) groups is 2. The molecule has 0 spiro atoms. The highest BCUT2D eigenvalue weighted by atomic mass is 35.5. The Hall–Kier alpha value is -2.62. The fourth-order valence-electron chi connectivity index (χ4n) is 3.63. The highest BCUT2D eigenvalue weighted by molar-refractivity contribution is 7.89. The number of benzene rings is 2. The summed E-state index contributed by atoms with van der Waals surface area (Å²) in [5.74, 6) is -0.00753. The largest absolute Gasteiger partial charge is 0.494 e. The number of anilines is 2. The van der Waals surface area contributed by atoms with E-state index in [1.165, 1.54) is 29.6 Å². The molecule has 1 aliphatic rings. The van der Waals surface area contributed by atoms with Crippen molar-refractivity contribution in [2.45, 2.75) is 31.6 Å². The van der Waals surface area contributed by atoms with Gasteiger partial charge < -0.3 is 15.0 Å². The lowest BCUT2D eigenvalue weighted by molar-refractivity contribution is -0.117. The van der Waals surface area contributed by atoms with Gasteiger partial charge in [-0.1, -0.05) is 25.4 Å².